The molecule has 2 aromatic heterocycles. The van der Waals surface area contributed by atoms with Crippen molar-refractivity contribution >= 4 is 23.7 Å². The van der Waals surface area contributed by atoms with E-state index in [1.165, 1.54) is 4.90 Å². The molecule has 0 spiro atoms. The number of nitrogens with one attached hydrogen (secondary N) is 1. The van der Waals surface area contributed by atoms with Crippen LogP contribution in [0.4, 0.5) is 6.01 Å². The van der Waals surface area contributed by atoms with E-state index in [1.54, 1.807) is 28.7 Å². The number of anilines is 1. The lowest BCUT2D eigenvalue weighted by molar-refractivity contribution is 0.101. The van der Waals surface area contributed by atoms with Gasteiger partial charge >= 0.3 is 6.01 Å². The predicted molar refractivity (Wildman–Crippen MR) is 101 cm³/mol. The first-order valence-corrected chi connectivity index (χ1v) is 9.44. The molecule has 0 unspecified atom stereocenters. The van der Waals surface area contributed by atoms with Crippen molar-refractivity contribution in [3.8, 4) is 0 Å². The van der Waals surface area contributed by atoms with Gasteiger partial charge in [-0.25, -0.2) is 0 Å². The highest BCUT2D eigenvalue weighted by Crippen LogP contribution is 2.19. The van der Waals surface area contributed by atoms with E-state index in [1.807, 2.05) is 26.0 Å². The number of carbonyl (C=O) groups excluding carboxylic acids is 1. The van der Waals surface area contributed by atoms with Crippen LogP contribution in [-0.2, 0) is 6.42 Å². The standard InChI is InChI=1S/C18H21N5O2S/c1-4-26-14-7-5-13(6-8-14)11-16-20-21-18(25-16)19-17(24)15-9-10-23(22-15)12(2)3/h5-10,12H,4,11H2,1-3H3,(H,19,21,24). The molecule has 0 saturated heterocycles. The van der Waals surface area contributed by atoms with E-state index in [9.17, 15) is 4.79 Å². The summed E-state index contributed by atoms with van der Waals surface area (Å²) in [4.78, 5) is 13.4. The van der Waals surface area contributed by atoms with Gasteiger partial charge in [-0.05, 0) is 43.4 Å². The van der Waals surface area contributed by atoms with Crippen molar-refractivity contribution < 1.29 is 9.21 Å². The minimum absolute atomic E-state index is 0.0715. The van der Waals surface area contributed by atoms with Gasteiger partial charge in [-0.2, -0.15) is 5.10 Å². The van der Waals surface area contributed by atoms with E-state index in [0.29, 0.717) is 18.0 Å². The van der Waals surface area contributed by atoms with Crippen molar-refractivity contribution in [2.75, 3.05) is 11.1 Å². The molecule has 0 radical (unpaired) electrons. The SMILES string of the molecule is CCSc1ccc(Cc2nnc(NC(=O)c3ccn(C(C)C)n3)o2)cc1. The topological polar surface area (TPSA) is 85.8 Å². The molecule has 136 valence electrons. The van der Waals surface area contributed by atoms with Crippen molar-refractivity contribution in [2.24, 2.45) is 0 Å². The second kappa shape index (κ2) is 8.18. The van der Waals surface area contributed by atoms with E-state index in [0.717, 1.165) is 11.3 Å². The number of rotatable bonds is 7. The zero-order valence-electron chi connectivity index (χ0n) is 15.0. The molecule has 8 heteroatoms. The third-order valence-electron chi connectivity index (χ3n) is 3.65. The fourth-order valence-electron chi connectivity index (χ4n) is 2.33. The molecule has 1 aromatic carbocycles. The van der Waals surface area contributed by atoms with Crippen LogP contribution < -0.4 is 5.32 Å². The van der Waals surface area contributed by atoms with Gasteiger partial charge in [0, 0.05) is 17.1 Å². The lowest BCUT2D eigenvalue weighted by Crippen LogP contribution is -2.14. The maximum absolute atomic E-state index is 12.2. The molecular formula is C18H21N5O2S. The van der Waals surface area contributed by atoms with Crippen LogP contribution in [0, 0.1) is 0 Å². The molecule has 0 aliphatic heterocycles. The molecule has 0 atom stereocenters. The number of hydrogen-bond acceptors (Lipinski definition) is 6. The molecule has 7 nitrogen and oxygen atoms in total. The predicted octanol–water partition coefficient (Wildman–Crippen LogP) is 3.80. The second-order valence-corrected chi connectivity index (χ2v) is 7.32. The minimum Gasteiger partial charge on any atom is -0.407 e. The molecule has 0 saturated carbocycles. The number of nitrogens with zero attached hydrogens (tertiary/aromatic N) is 4. The smallest absolute Gasteiger partial charge is 0.322 e. The molecule has 0 fully saturated rings. The molecule has 3 aromatic rings. The highest BCUT2D eigenvalue weighted by atomic mass is 32.2. The Labute approximate surface area is 156 Å². The molecule has 1 N–H and O–H groups in total. The first-order valence-electron chi connectivity index (χ1n) is 8.45. The van der Waals surface area contributed by atoms with E-state index in [2.05, 4.69) is 39.7 Å². The molecule has 0 aliphatic carbocycles. The minimum atomic E-state index is -0.374. The molecule has 0 aliphatic rings. The summed E-state index contributed by atoms with van der Waals surface area (Å²) in [5.74, 6) is 1.12. The molecular weight excluding hydrogens is 350 g/mol. The Hall–Kier alpha value is -2.61. The van der Waals surface area contributed by atoms with E-state index >= 15 is 0 Å². The first-order chi connectivity index (χ1) is 12.5. The molecule has 0 bridgehead atoms. The maximum atomic E-state index is 12.2. The van der Waals surface area contributed by atoms with Gasteiger partial charge in [-0.3, -0.25) is 14.8 Å². The van der Waals surface area contributed by atoms with Gasteiger partial charge in [0.25, 0.3) is 5.91 Å². The van der Waals surface area contributed by atoms with Crippen LogP contribution in [0.2, 0.25) is 0 Å². The van der Waals surface area contributed by atoms with Crippen molar-refractivity contribution in [1.82, 2.24) is 20.0 Å². The fraction of sp³-hybridized carbons (Fsp3) is 0.333. The van der Waals surface area contributed by atoms with Gasteiger partial charge in [0.1, 0.15) is 0 Å². The van der Waals surface area contributed by atoms with E-state index in [-0.39, 0.29) is 18.0 Å². The fourth-order valence-corrected chi connectivity index (χ4v) is 2.99. The van der Waals surface area contributed by atoms with Gasteiger partial charge in [0.05, 0.1) is 6.42 Å². The summed E-state index contributed by atoms with van der Waals surface area (Å²) in [6.07, 6.45) is 2.28. The van der Waals surface area contributed by atoms with Crippen LogP contribution in [0.3, 0.4) is 0 Å². The Morgan fingerprint density at radius 3 is 2.65 bits per heavy atom. The summed E-state index contributed by atoms with van der Waals surface area (Å²) in [6, 6.07) is 10.2. The summed E-state index contributed by atoms with van der Waals surface area (Å²) in [5.41, 5.74) is 1.38. The normalized spacial score (nSPS) is 11.1. The van der Waals surface area contributed by atoms with Crippen LogP contribution in [-0.4, -0.2) is 31.6 Å². The first kappa shape index (κ1) is 18.2. The molecule has 2 heterocycles. The van der Waals surface area contributed by atoms with Gasteiger partial charge < -0.3 is 4.42 Å². The van der Waals surface area contributed by atoms with Gasteiger partial charge in [0.15, 0.2) is 5.69 Å². The summed E-state index contributed by atoms with van der Waals surface area (Å²) in [6.45, 7) is 6.11. The van der Waals surface area contributed by atoms with Crippen molar-refractivity contribution in [2.45, 2.75) is 38.1 Å². The highest BCUT2D eigenvalue weighted by Gasteiger charge is 2.15. The van der Waals surface area contributed by atoms with Gasteiger partial charge in [-0.15, -0.1) is 16.9 Å². The third kappa shape index (κ3) is 4.51. The lowest BCUT2D eigenvalue weighted by Gasteiger charge is -2.03. The maximum Gasteiger partial charge on any atom is 0.322 e. The number of amides is 1. The Morgan fingerprint density at radius 1 is 1.23 bits per heavy atom. The highest BCUT2D eigenvalue weighted by molar-refractivity contribution is 7.99. The van der Waals surface area contributed by atoms with Crippen LogP contribution in [0.5, 0.6) is 0 Å². The van der Waals surface area contributed by atoms with Gasteiger partial charge in [0.2, 0.25) is 5.89 Å². The summed E-state index contributed by atoms with van der Waals surface area (Å²) in [5, 5.41) is 14.7. The third-order valence-corrected chi connectivity index (χ3v) is 4.54. The van der Waals surface area contributed by atoms with Crippen molar-refractivity contribution in [1.29, 1.82) is 0 Å². The van der Waals surface area contributed by atoms with Crippen LogP contribution in [0.15, 0.2) is 45.8 Å². The van der Waals surface area contributed by atoms with Crippen molar-refractivity contribution in [3.63, 3.8) is 0 Å². The quantitative estimate of drug-likeness (QED) is 0.636. The molecule has 26 heavy (non-hydrogen) atoms. The number of aromatic nitrogens is 4. The summed E-state index contributed by atoms with van der Waals surface area (Å²) >= 11 is 1.80. The monoisotopic (exact) mass is 371 g/mol. The Kier molecular flexibility index (Phi) is 5.72. The van der Waals surface area contributed by atoms with Gasteiger partial charge in [-0.1, -0.05) is 24.2 Å². The number of thioether (sulfide) groups is 1. The Bertz CT molecular complexity index is 870. The molecule has 3 rings (SSSR count). The summed E-state index contributed by atoms with van der Waals surface area (Å²) < 4.78 is 7.23. The van der Waals surface area contributed by atoms with Crippen LogP contribution >= 0.6 is 11.8 Å². The Balaban J connectivity index is 1.61. The Morgan fingerprint density at radius 2 is 2.00 bits per heavy atom. The number of benzene rings is 1. The van der Waals surface area contributed by atoms with Crippen molar-refractivity contribution in [3.05, 3.63) is 53.7 Å². The molecule has 1 amide bonds. The zero-order valence-corrected chi connectivity index (χ0v) is 15.8. The average Bonchev–Trinajstić information content (AvgIpc) is 3.27. The lowest BCUT2D eigenvalue weighted by atomic mass is 10.1. The van der Waals surface area contributed by atoms with Crippen LogP contribution in [0.25, 0.3) is 0 Å². The number of hydrogen-bond donors (Lipinski definition) is 1. The zero-order chi connectivity index (χ0) is 18.5. The average molecular weight is 371 g/mol. The second-order valence-electron chi connectivity index (χ2n) is 5.98. The van der Waals surface area contributed by atoms with E-state index < -0.39 is 0 Å². The van der Waals surface area contributed by atoms with E-state index in [4.69, 9.17) is 4.42 Å². The van der Waals surface area contributed by atoms with Crippen LogP contribution in [0.1, 0.15) is 48.8 Å². The summed E-state index contributed by atoms with van der Waals surface area (Å²) in [7, 11) is 0. The largest absolute Gasteiger partial charge is 0.407 e. The number of carbonyl (C=O) groups is 1.